The Morgan fingerprint density at radius 1 is 1.39 bits per heavy atom. The number of aromatic nitrogens is 4. The van der Waals surface area contributed by atoms with E-state index in [2.05, 4.69) is 20.4 Å². The Labute approximate surface area is 132 Å². The van der Waals surface area contributed by atoms with Crippen LogP contribution >= 0.6 is 0 Å². The number of nitrogens with zero attached hydrogens (tertiary/aromatic N) is 4. The molecule has 8 nitrogen and oxygen atoms in total. The fourth-order valence-electron chi connectivity index (χ4n) is 2.34. The van der Waals surface area contributed by atoms with E-state index in [1.807, 2.05) is 20.2 Å². The highest BCUT2D eigenvalue weighted by atomic mass is 16.4. The molecule has 3 rings (SSSR count). The zero-order chi connectivity index (χ0) is 16.6. The molecule has 0 aliphatic carbocycles. The van der Waals surface area contributed by atoms with Gasteiger partial charge in [0.15, 0.2) is 0 Å². The summed E-state index contributed by atoms with van der Waals surface area (Å²) in [4.78, 5) is 19.5. The number of fused-ring (bicyclic) bond motifs is 1. The highest BCUT2D eigenvalue weighted by Crippen LogP contribution is 2.26. The van der Waals surface area contributed by atoms with Gasteiger partial charge in [-0.1, -0.05) is 0 Å². The van der Waals surface area contributed by atoms with Gasteiger partial charge >= 0.3 is 5.97 Å². The Hall–Kier alpha value is -3.16. The minimum absolute atomic E-state index is 0.0744. The predicted octanol–water partition coefficient (Wildman–Crippen LogP) is 1.82. The number of benzene rings is 1. The molecule has 2 aromatic heterocycles. The van der Waals surface area contributed by atoms with Crippen molar-refractivity contribution in [3.63, 3.8) is 0 Å². The number of hydrogen-bond donors (Lipinski definition) is 3. The average Bonchev–Trinajstić information content (AvgIpc) is 2.93. The molecule has 1 atom stereocenters. The molecule has 0 aliphatic rings. The van der Waals surface area contributed by atoms with Crippen molar-refractivity contribution in [3.05, 3.63) is 41.7 Å². The number of nitrogens with two attached hydrogens (primary N) is 1. The van der Waals surface area contributed by atoms with E-state index >= 15 is 0 Å². The molecule has 2 heterocycles. The molecule has 0 bridgehead atoms. The Balaban J connectivity index is 2.04. The largest absolute Gasteiger partial charge is 0.478 e. The molecule has 1 aromatic carbocycles. The average molecular weight is 312 g/mol. The predicted molar refractivity (Wildman–Crippen MR) is 86.2 cm³/mol. The smallest absolute Gasteiger partial charge is 0.335 e. The molecule has 23 heavy (non-hydrogen) atoms. The second-order valence-electron chi connectivity index (χ2n) is 5.28. The van der Waals surface area contributed by atoms with Gasteiger partial charge in [0.05, 0.1) is 23.3 Å². The first-order chi connectivity index (χ1) is 10.9. The number of hydrogen-bond acceptors (Lipinski definition) is 6. The van der Waals surface area contributed by atoms with Crippen LogP contribution in [0.3, 0.4) is 0 Å². The maximum absolute atomic E-state index is 11.2. The highest BCUT2D eigenvalue weighted by molar-refractivity contribution is 5.97. The Morgan fingerprint density at radius 2 is 2.17 bits per heavy atom. The lowest BCUT2D eigenvalue weighted by molar-refractivity contribution is 0.0697. The van der Waals surface area contributed by atoms with Gasteiger partial charge in [-0.2, -0.15) is 10.1 Å². The molecule has 4 N–H and O–H groups in total. The minimum atomic E-state index is -1.00. The Bertz CT molecular complexity index is 889. The van der Waals surface area contributed by atoms with Crippen molar-refractivity contribution in [3.8, 4) is 0 Å². The highest BCUT2D eigenvalue weighted by Gasteiger charge is 2.14. The molecule has 3 aromatic rings. The van der Waals surface area contributed by atoms with Crippen LogP contribution in [0.2, 0.25) is 0 Å². The second kappa shape index (κ2) is 5.56. The fourth-order valence-corrected chi connectivity index (χ4v) is 2.34. The van der Waals surface area contributed by atoms with Crippen molar-refractivity contribution in [1.29, 1.82) is 0 Å². The van der Waals surface area contributed by atoms with Gasteiger partial charge in [-0.3, -0.25) is 4.68 Å². The summed E-state index contributed by atoms with van der Waals surface area (Å²) in [6, 6.07) is 4.58. The van der Waals surface area contributed by atoms with Crippen molar-refractivity contribution >= 4 is 28.6 Å². The second-order valence-corrected chi connectivity index (χ2v) is 5.28. The number of aryl methyl sites for hydroxylation is 1. The number of carboxylic acids is 1. The third-order valence-electron chi connectivity index (χ3n) is 3.54. The minimum Gasteiger partial charge on any atom is -0.478 e. The SMILES string of the molecule is C[C@H](Nc1nc(N)nc2ccc(C(=O)O)cc12)c1cnn(C)c1. The maximum Gasteiger partial charge on any atom is 0.335 e. The van der Waals surface area contributed by atoms with Gasteiger partial charge in [-0.15, -0.1) is 0 Å². The van der Waals surface area contributed by atoms with Crippen LogP contribution in [-0.4, -0.2) is 30.8 Å². The van der Waals surface area contributed by atoms with Gasteiger partial charge in [-0.05, 0) is 25.1 Å². The summed E-state index contributed by atoms with van der Waals surface area (Å²) in [7, 11) is 1.84. The summed E-state index contributed by atoms with van der Waals surface area (Å²) in [6.45, 7) is 1.96. The van der Waals surface area contributed by atoms with Crippen molar-refractivity contribution in [2.45, 2.75) is 13.0 Å². The first kappa shape index (κ1) is 14.8. The van der Waals surface area contributed by atoms with E-state index in [1.54, 1.807) is 16.9 Å². The monoisotopic (exact) mass is 312 g/mol. The standard InChI is InChI=1S/C15H16N6O2/c1-8(10-6-17-21(2)7-10)18-13-11-5-9(14(22)23)3-4-12(11)19-15(16)20-13/h3-8H,1-2H3,(H,22,23)(H3,16,18,19,20)/t8-/m0/s1. The molecule has 0 aliphatic heterocycles. The van der Waals surface area contributed by atoms with E-state index in [1.165, 1.54) is 12.1 Å². The number of nitrogens with one attached hydrogen (secondary N) is 1. The first-order valence-electron chi connectivity index (χ1n) is 6.99. The van der Waals surface area contributed by atoms with Gasteiger partial charge in [0.1, 0.15) is 5.82 Å². The van der Waals surface area contributed by atoms with Crippen LogP contribution in [0.1, 0.15) is 28.9 Å². The molecule has 0 saturated heterocycles. The molecule has 0 fully saturated rings. The lowest BCUT2D eigenvalue weighted by atomic mass is 10.1. The zero-order valence-corrected chi connectivity index (χ0v) is 12.7. The first-order valence-corrected chi connectivity index (χ1v) is 6.99. The van der Waals surface area contributed by atoms with Crippen molar-refractivity contribution in [2.24, 2.45) is 7.05 Å². The van der Waals surface area contributed by atoms with Crippen LogP contribution in [0.5, 0.6) is 0 Å². The molecule has 118 valence electrons. The number of aromatic carboxylic acids is 1. The zero-order valence-electron chi connectivity index (χ0n) is 12.7. The fraction of sp³-hybridized carbons (Fsp3) is 0.200. The van der Waals surface area contributed by atoms with E-state index in [9.17, 15) is 4.79 Å². The van der Waals surface area contributed by atoms with Gasteiger partial charge in [0.2, 0.25) is 5.95 Å². The van der Waals surface area contributed by atoms with E-state index < -0.39 is 5.97 Å². The van der Waals surface area contributed by atoms with Gasteiger partial charge in [0, 0.05) is 24.2 Å². The quantitative estimate of drug-likeness (QED) is 0.672. The van der Waals surface area contributed by atoms with Crippen LogP contribution in [-0.2, 0) is 7.05 Å². The number of anilines is 2. The van der Waals surface area contributed by atoms with Gasteiger partial charge < -0.3 is 16.2 Å². The third-order valence-corrected chi connectivity index (χ3v) is 3.54. The van der Waals surface area contributed by atoms with Crippen molar-refractivity contribution < 1.29 is 9.90 Å². The summed E-state index contributed by atoms with van der Waals surface area (Å²) < 4.78 is 1.71. The van der Waals surface area contributed by atoms with E-state index in [-0.39, 0.29) is 17.6 Å². The van der Waals surface area contributed by atoms with Gasteiger partial charge in [0.25, 0.3) is 0 Å². The van der Waals surface area contributed by atoms with Crippen molar-refractivity contribution in [1.82, 2.24) is 19.7 Å². The van der Waals surface area contributed by atoms with Crippen LogP contribution in [0.4, 0.5) is 11.8 Å². The molecule has 8 heteroatoms. The topological polar surface area (TPSA) is 119 Å². The van der Waals surface area contributed by atoms with E-state index in [4.69, 9.17) is 10.8 Å². The molecular weight excluding hydrogens is 296 g/mol. The molecule has 0 spiro atoms. The number of carbonyl (C=O) groups is 1. The number of nitrogen functional groups attached to an aromatic ring is 1. The molecular formula is C15H16N6O2. The normalized spacial score (nSPS) is 12.3. The molecule has 0 amide bonds. The molecule has 0 unspecified atom stereocenters. The summed E-state index contributed by atoms with van der Waals surface area (Å²) >= 11 is 0. The van der Waals surface area contributed by atoms with Crippen LogP contribution in [0.25, 0.3) is 10.9 Å². The van der Waals surface area contributed by atoms with Crippen LogP contribution < -0.4 is 11.1 Å². The number of rotatable bonds is 4. The maximum atomic E-state index is 11.2. The Kier molecular flexibility index (Phi) is 3.57. The van der Waals surface area contributed by atoms with E-state index in [0.29, 0.717) is 16.7 Å². The van der Waals surface area contributed by atoms with Crippen LogP contribution in [0, 0.1) is 0 Å². The lowest BCUT2D eigenvalue weighted by Gasteiger charge is -2.15. The third kappa shape index (κ3) is 2.91. The van der Waals surface area contributed by atoms with Crippen LogP contribution in [0.15, 0.2) is 30.6 Å². The van der Waals surface area contributed by atoms with Gasteiger partial charge in [-0.25, -0.2) is 9.78 Å². The summed E-state index contributed by atoms with van der Waals surface area (Å²) in [5, 5.41) is 17.1. The Morgan fingerprint density at radius 3 is 2.83 bits per heavy atom. The molecule has 0 saturated carbocycles. The van der Waals surface area contributed by atoms with E-state index in [0.717, 1.165) is 5.56 Å². The number of carboxylic acid groups (broad SMARTS) is 1. The lowest BCUT2D eigenvalue weighted by Crippen LogP contribution is -2.10. The summed E-state index contributed by atoms with van der Waals surface area (Å²) in [6.07, 6.45) is 3.65. The summed E-state index contributed by atoms with van der Waals surface area (Å²) in [5.74, 6) is -0.386. The summed E-state index contributed by atoms with van der Waals surface area (Å²) in [5.41, 5.74) is 7.48. The molecule has 0 radical (unpaired) electrons. The van der Waals surface area contributed by atoms with Crippen molar-refractivity contribution in [2.75, 3.05) is 11.1 Å².